The fraction of sp³-hybridized carbons (Fsp3) is 0.552. The number of aromatic nitrogens is 1. The molecular weight excluding hydrogens is 492 g/mol. The van der Waals surface area contributed by atoms with Crippen molar-refractivity contribution in [2.24, 2.45) is 5.92 Å². The smallest absolute Gasteiger partial charge is 0.331 e. The van der Waals surface area contributed by atoms with Gasteiger partial charge in [-0.3, -0.25) is 9.78 Å². The molecule has 1 amide bonds. The monoisotopic (exact) mass is 529 g/mol. The number of amides is 1. The van der Waals surface area contributed by atoms with E-state index in [-0.39, 0.29) is 5.56 Å². The van der Waals surface area contributed by atoms with Gasteiger partial charge in [0.05, 0.1) is 31.2 Å². The maximum absolute atomic E-state index is 15.1. The van der Waals surface area contributed by atoms with E-state index in [9.17, 15) is 14.0 Å². The van der Waals surface area contributed by atoms with E-state index < -0.39 is 28.9 Å². The number of halogens is 2. The lowest BCUT2D eigenvalue weighted by Gasteiger charge is -2.34. The zero-order chi connectivity index (χ0) is 27.5. The van der Waals surface area contributed by atoms with Crippen LogP contribution >= 0.6 is 0 Å². The van der Waals surface area contributed by atoms with Crippen molar-refractivity contribution in [1.82, 2.24) is 14.8 Å². The van der Waals surface area contributed by atoms with Crippen molar-refractivity contribution in [3.05, 3.63) is 47.9 Å². The van der Waals surface area contributed by atoms with Gasteiger partial charge >= 0.3 is 5.97 Å². The third kappa shape index (κ3) is 6.31. The minimum Gasteiger partial charge on any atom is -0.492 e. The van der Waals surface area contributed by atoms with Crippen LogP contribution < -0.4 is 4.74 Å². The molecule has 2 saturated heterocycles. The molecule has 0 aliphatic carbocycles. The van der Waals surface area contributed by atoms with Gasteiger partial charge < -0.3 is 19.3 Å². The van der Waals surface area contributed by atoms with Gasteiger partial charge in [0, 0.05) is 18.7 Å². The van der Waals surface area contributed by atoms with Crippen molar-refractivity contribution in [2.45, 2.75) is 57.7 Å². The molecule has 0 spiro atoms. The minimum absolute atomic E-state index is 0.0909. The Morgan fingerprint density at radius 1 is 1.16 bits per heavy atom. The van der Waals surface area contributed by atoms with Crippen LogP contribution in [-0.4, -0.2) is 77.8 Å². The maximum atomic E-state index is 15.1. The largest absolute Gasteiger partial charge is 0.492 e. The van der Waals surface area contributed by atoms with E-state index >= 15 is 4.39 Å². The number of alkyl halides is 1. The van der Waals surface area contributed by atoms with Crippen LogP contribution in [-0.2, 0) is 9.53 Å². The van der Waals surface area contributed by atoms with Gasteiger partial charge in [-0.15, -0.1) is 0 Å². The predicted octanol–water partition coefficient (Wildman–Crippen LogP) is 4.89. The average Bonchev–Trinajstić information content (AvgIpc) is 3.29. The summed E-state index contributed by atoms with van der Waals surface area (Å²) in [6, 6.07) is 7.93. The lowest BCUT2D eigenvalue weighted by Crippen LogP contribution is -2.51. The highest BCUT2D eigenvalue weighted by Crippen LogP contribution is 2.33. The van der Waals surface area contributed by atoms with Gasteiger partial charge in [0.1, 0.15) is 22.8 Å². The number of ether oxygens (including phenoxy) is 2. The van der Waals surface area contributed by atoms with Crippen molar-refractivity contribution in [2.75, 3.05) is 39.9 Å². The van der Waals surface area contributed by atoms with Gasteiger partial charge in [-0.25, -0.2) is 13.6 Å². The maximum Gasteiger partial charge on any atom is 0.331 e. The highest BCUT2D eigenvalue weighted by atomic mass is 19.1. The molecule has 38 heavy (non-hydrogen) atoms. The molecule has 7 nitrogen and oxygen atoms in total. The first-order valence-electron chi connectivity index (χ1n) is 13.2. The summed E-state index contributed by atoms with van der Waals surface area (Å²) >= 11 is 0. The molecule has 1 aromatic carbocycles. The molecule has 2 aliphatic heterocycles. The Morgan fingerprint density at radius 2 is 1.89 bits per heavy atom. The fourth-order valence-electron chi connectivity index (χ4n) is 5.41. The number of nitrogens with zero attached hydrogens (tertiary/aromatic N) is 3. The molecular formula is C29H37F2N3O4. The third-order valence-corrected chi connectivity index (χ3v) is 7.54. The summed E-state index contributed by atoms with van der Waals surface area (Å²) in [7, 11) is 1.28. The van der Waals surface area contributed by atoms with Gasteiger partial charge in [0.15, 0.2) is 0 Å². The zero-order valence-corrected chi connectivity index (χ0v) is 22.6. The van der Waals surface area contributed by atoms with Crippen molar-refractivity contribution in [1.29, 1.82) is 0 Å². The van der Waals surface area contributed by atoms with Crippen LogP contribution in [0.25, 0.3) is 11.3 Å². The predicted molar refractivity (Wildman–Crippen MR) is 140 cm³/mol. The van der Waals surface area contributed by atoms with Crippen LogP contribution in [0.4, 0.5) is 8.78 Å². The summed E-state index contributed by atoms with van der Waals surface area (Å²) in [5, 5.41) is 0. The summed E-state index contributed by atoms with van der Waals surface area (Å²) in [5.74, 6) is -0.668. The highest BCUT2D eigenvalue weighted by molar-refractivity contribution is 5.99. The van der Waals surface area contributed by atoms with Gasteiger partial charge in [0.25, 0.3) is 5.91 Å². The summed E-state index contributed by atoms with van der Waals surface area (Å²) in [4.78, 5) is 33.4. The number of likely N-dealkylation sites (tertiary alicyclic amines) is 2. The molecule has 3 heterocycles. The van der Waals surface area contributed by atoms with Crippen molar-refractivity contribution < 1.29 is 27.8 Å². The molecule has 4 rings (SSSR count). The number of methoxy groups -OCH3 is 1. The van der Waals surface area contributed by atoms with E-state index in [4.69, 9.17) is 9.47 Å². The van der Waals surface area contributed by atoms with Crippen molar-refractivity contribution >= 4 is 11.9 Å². The van der Waals surface area contributed by atoms with E-state index in [1.54, 1.807) is 45.2 Å². The van der Waals surface area contributed by atoms with Crippen LogP contribution in [0.5, 0.6) is 5.75 Å². The quantitative estimate of drug-likeness (QED) is 0.454. The van der Waals surface area contributed by atoms with Crippen LogP contribution in [0.3, 0.4) is 0 Å². The summed E-state index contributed by atoms with van der Waals surface area (Å²) in [6.45, 7) is 7.98. The van der Waals surface area contributed by atoms with Crippen LogP contribution in [0, 0.1) is 11.7 Å². The topological polar surface area (TPSA) is 72.0 Å². The number of pyridine rings is 1. The highest BCUT2D eigenvalue weighted by Gasteiger charge is 2.47. The third-order valence-electron chi connectivity index (χ3n) is 7.54. The van der Waals surface area contributed by atoms with Crippen LogP contribution in [0.15, 0.2) is 36.5 Å². The van der Waals surface area contributed by atoms with Crippen LogP contribution in [0.2, 0.25) is 0 Å². The van der Waals surface area contributed by atoms with Gasteiger partial charge in [-0.1, -0.05) is 6.07 Å². The number of rotatable bonds is 8. The number of hydrogen-bond donors (Lipinski definition) is 0. The Hall–Kier alpha value is -3.07. The number of benzene rings is 1. The Morgan fingerprint density at radius 3 is 2.50 bits per heavy atom. The summed E-state index contributed by atoms with van der Waals surface area (Å²) in [6.07, 6.45) is 4.65. The average molecular weight is 530 g/mol. The van der Waals surface area contributed by atoms with Gasteiger partial charge in [0.2, 0.25) is 0 Å². The SMILES string of the molecule is COC(=O)[C@]1(C)CCCN1C(=O)c1ccc(-c2ccc(OCC3CCN(CC(C)(C)F)CC3)cn2)cc1F. The molecule has 206 valence electrons. The van der Waals surface area contributed by atoms with E-state index in [1.165, 1.54) is 24.1 Å². The lowest BCUT2D eigenvalue weighted by atomic mass is 9.97. The van der Waals surface area contributed by atoms with Crippen LogP contribution in [0.1, 0.15) is 56.8 Å². The molecule has 2 fully saturated rings. The number of carbonyl (C=O) groups excluding carboxylic acids is 2. The molecule has 2 aliphatic rings. The second kappa shape index (κ2) is 11.4. The molecule has 0 unspecified atom stereocenters. The summed E-state index contributed by atoms with van der Waals surface area (Å²) in [5.41, 5.74) is -1.29. The zero-order valence-electron chi connectivity index (χ0n) is 22.6. The van der Waals surface area contributed by atoms with Crippen molar-refractivity contribution in [3.8, 4) is 17.0 Å². The first kappa shape index (κ1) is 28.0. The first-order valence-corrected chi connectivity index (χ1v) is 13.2. The molecule has 2 aromatic rings. The Labute approximate surface area is 223 Å². The molecule has 9 heteroatoms. The number of esters is 1. The van der Waals surface area contributed by atoms with E-state index in [0.29, 0.717) is 55.5 Å². The molecule has 0 radical (unpaired) electrons. The summed E-state index contributed by atoms with van der Waals surface area (Å²) < 4.78 is 39.8. The Kier molecular flexibility index (Phi) is 8.35. The van der Waals surface area contributed by atoms with E-state index in [2.05, 4.69) is 9.88 Å². The van der Waals surface area contributed by atoms with Gasteiger partial charge in [-0.05, 0) is 89.7 Å². The number of hydrogen-bond acceptors (Lipinski definition) is 6. The normalized spacial score (nSPS) is 20.9. The fourth-order valence-corrected chi connectivity index (χ4v) is 5.41. The van der Waals surface area contributed by atoms with Crippen molar-refractivity contribution in [3.63, 3.8) is 0 Å². The first-order chi connectivity index (χ1) is 18.0. The Bertz CT molecular complexity index is 1140. The minimum atomic E-state index is -1.19. The number of piperidine rings is 1. The molecule has 0 saturated carbocycles. The van der Waals surface area contributed by atoms with E-state index in [1.807, 2.05) is 0 Å². The number of carbonyl (C=O) groups is 2. The molecule has 1 aromatic heterocycles. The molecule has 0 bridgehead atoms. The lowest BCUT2D eigenvalue weighted by molar-refractivity contribution is -0.151. The van der Waals surface area contributed by atoms with E-state index in [0.717, 1.165) is 25.9 Å². The Balaban J connectivity index is 1.35. The molecule has 1 atom stereocenters. The second-order valence-electron chi connectivity index (χ2n) is 11.1. The van der Waals surface area contributed by atoms with Gasteiger partial charge in [-0.2, -0.15) is 0 Å². The second-order valence-corrected chi connectivity index (χ2v) is 11.1. The standard InChI is InChI=1S/C29H37F2N3O4/c1-28(2,31)19-33-14-10-20(11-15-33)18-38-22-7-9-25(32-17-22)21-6-8-23(24(30)16-21)26(35)34-13-5-12-29(34,3)27(36)37-4/h6-9,16-17,20H,5,10-15,18-19H2,1-4H3/t29-/m0/s1. The molecule has 0 N–H and O–H groups in total.